The van der Waals surface area contributed by atoms with Gasteiger partial charge >= 0.3 is 0 Å². The summed E-state index contributed by atoms with van der Waals surface area (Å²) in [6.45, 7) is 0.542. The van der Waals surface area contributed by atoms with E-state index in [4.69, 9.17) is 16.7 Å². The first-order chi connectivity index (χ1) is 8.56. The molecule has 0 amide bonds. The Morgan fingerprint density at radius 3 is 2.67 bits per heavy atom. The highest BCUT2D eigenvalue weighted by atomic mass is 79.9. The molecule has 0 bridgehead atoms. The van der Waals surface area contributed by atoms with Crippen LogP contribution in [-0.4, -0.2) is 5.11 Å². The summed E-state index contributed by atoms with van der Waals surface area (Å²) in [4.78, 5) is 0. The van der Waals surface area contributed by atoms with Gasteiger partial charge in [0, 0.05) is 22.8 Å². The highest BCUT2D eigenvalue weighted by Crippen LogP contribution is 2.24. The quantitative estimate of drug-likeness (QED) is 0.809. The summed E-state index contributed by atoms with van der Waals surface area (Å²) >= 11 is 9.23. The Hall–Kier alpha value is -1.26. The zero-order valence-corrected chi connectivity index (χ0v) is 11.6. The molecule has 2 aromatic rings. The first-order valence-electron chi connectivity index (χ1n) is 5.22. The van der Waals surface area contributed by atoms with Crippen molar-refractivity contribution in [1.82, 2.24) is 0 Å². The van der Waals surface area contributed by atoms with E-state index >= 15 is 0 Å². The molecule has 2 rings (SSSR count). The molecule has 0 aliphatic rings. The predicted octanol–water partition coefficient (Wildman–Crippen LogP) is 4.56. The van der Waals surface area contributed by atoms with Crippen LogP contribution in [0.1, 0.15) is 5.56 Å². The van der Waals surface area contributed by atoms with Gasteiger partial charge in [-0.2, -0.15) is 0 Å². The van der Waals surface area contributed by atoms with Crippen molar-refractivity contribution in [3.8, 4) is 5.75 Å². The molecule has 0 aromatic heterocycles. The monoisotopic (exact) mass is 329 g/mol. The zero-order valence-electron chi connectivity index (χ0n) is 9.25. The number of phenolic OH excluding ortho intramolecular Hbond substituents is 1. The van der Waals surface area contributed by atoms with Crippen LogP contribution in [0.5, 0.6) is 5.75 Å². The standard InChI is InChI=1S/C13H10BrClFNO/c14-10-5-8(1-3-11(10)15)7-17-9-2-4-13(18)12(16)6-9/h1-6,17-18H,7H2. The molecule has 0 heterocycles. The Bertz CT molecular complexity index is 525. The molecule has 0 radical (unpaired) electrons. The van der Waals surface area contributed by atoms with E-state index in [0.29, 0.717) is 17.3 Å². The number of aromatic hydroxyl groups is 1. The molecule has 0 saturated heterocycles. The fourth-order valence-electron chi connectivity index (χ4n) is 1.47. The summed E-state index contributed by atoms with van der Waals surface area (Å²) in [6.07, 6.45) is 0. The lowest BCUT2D eigenvalue weighted by Gasteiger charge is -2.08. The van der Waals surface area contributed by atoms with Gasteiger partial charge < -0.3 is 10.4 Å². The summed E-state index contributed by atoms with van der Waals surface area (Å²) in [5, 5.41) is 12.8. The minimum absolute atomic E-state index is 0.352. The lowest BCUT2D eigenvalue weighted by Crippen LogP contribution is -1.99. The summed E-state index contributed by atoms with van der Waals surface area (Å²) < 4.78 is 13.9. The van der Waals surface area contributed by atoms with Crippen molar-refractivity contribution in [2.45, 2.75) is 6.54 Å². The smallest absolute Gasteiger partial charge is 0.166 e. The zero-order chi connectivity index (χ0) is 13.1. The van der Waals surface area contributed by atoms with Crippen molar-refractivity contribution in [1.29, 1.82) is 0 Å². The summed E-state index contributed by atoms with van der Waals surface area (Å²) in [5.74, 6) is -0.993. The molecule has 0 fully saturated rings. The maximum atomic E-state index is 13.1. The molecular weight excluding hydrogens is 321 g/mol. The summed E-state index contributed by atoms with van der Waals surface area (Å²) in [7, 11) is 0. The third-order valence-corrected chi connectivity index (χ3v) is 3.64. The number of nitrogens with one attached hydrogen (secondary N) is 1. The highest BCUT2D eigenvalue weighted by molar-refractivity contribution is 9.10. The van der Waals surface area contributed by atoms with E-state index in [-0.39, 0.29) is 5.75 Å². The first-order valence-corrected chi connectivity index (χ1v) is 6.39. The van der Waals surface area contributed by atoms with Gasteiger partial charge in [0.1, 0.15) is 0 Å². The van der Waals surface area contributed by atoms with Crippen molar-refractivity contribution in [3.63, 3.8) is 0 Å². The number of hydrogen-bond donors (Lipinski definition) is 2. The Kier molecular flexibility index (Phi) is 4.09. The van der Waals surface area contributed by atoms with Crippen LogP contribution in [0.25, 0.3) is 0 Å². The van der Waals surface area contributed by atoms with Crippen molar-refractivity contribution in [3.05, 3.63) is 57.3 Å². The van der Waals surface area contributed by atoms with Gasteiger partial charge in [-0.05, 0) is 45.8 Å². The van der Waals surface area contributed by atoms with Gasteiger partial charge in [0.15, 0.2) is 11.6 Å². The molecule has 0 saturated carbocycles. The number of benzene rings is 2. The molecular formula is C13H10BrClFNO. The fourth-order valence-corrected chi connectivity index (χ4v) is 2.01. The molecule has 0 spiro atoms. The van der Waals surface area contributed by atoms with Crippen LogP contribution in [-0.2, 0) is 6.54 Å². The molecule has 0 aliphatic heterocycles. The highest BCUT2D eigenvalue weighted by Gasteiger charge is 2.02. The lowest BCUT2D eigenvalue weighted by atomic mass is 10.2. The molecule has 5 heteroatoms. The third-order valence-electron chi connectivity index (χ3n) is 2.43. The van der Waals surface area contributed by atoms with Gasteiger partial charge in [-0.3, -0.25) is 0 Å². The summed E-state index contributed by atoms with van der Waals surface area (Å²) in [6, 6.07) is 9.75. The van der Waals surface area contributed by atoms with Gasteiger partial charge in [0.25, 0.3) is 0 Å². The molecule has 18 heavy (non-hydrogen) atoms. The van der Waals surface area contributed by atoms with Crippen LogP contribution in [0.2, 0.25) is 5.02 Å². The van der Waals surface area contributed by atoms with Gasteiger partial charge in [-0.25, -0.2) is 4.39 Å². The van der Waals surface area contributed by atoms with Crippen molar-refractivity contribution < 1.29 is 9.50 Å². The van der Waals surface area contributed by atoms with Crippen molar-refractivity contribution >= 4 is 33.2 Å². The van der Waals surface area contributed by atoms with E-state index in [9.17, 15) is 4.39 Å². The van der Waals surface area contributed by atoms with E-state index in [0.717, 1.165) is 10.0 Å². The molecule has 0 unspecified atom stereocenters. The minimum Gasteiger partial charge on any atom is -0.505 e. The first kappa shape index (κ1) is 13.2. The molecule has 0 atom stereocenters. The number of hydrogen-bond acceptors (Lipinski definition) is 2. The van der Waals surface area contributed by atoms with Crippen LogP contribution in [0.15, 0.2) is 40.9 Å². The number of phenols is 1. The van der Waals surface area contributed by atoms with E-state index in [1.54, 1.807) is 12.1 Å². The molecule has 2 N–H and O–H groups in total. The second-order valence-corrected chi connectivity index (χ2v) is 5.03. The molecule has 2 aromatic carbocycles. The van der Waals surface area contributed by atoms with Crippen molar-refractivity contribution in [2.24, 2.45) is 0 Å². The van der Waals surface area contributed by atoms with Crippen LogP contribution in [0, 0.1) is 5.82 Å². The molecule has 94 valence electrons. The van der Waals surface area contributed by atoms with Crippen LogP contribution >= 0.6 is 27.5 Å². The Morgan fingerprint density at radius 2 is 2.00 bits per heavy atom. The van der Waals surface area contributed by atoms with Crippen LogP contribution in [0.4, 0.5) is 10.1 Å². The van der Waals surface area contributed by atoms with Gasteiger partial charge in [-0.15, -0.1) is 0 Å². The fraction of sp³-hybridized carbons (Fsp3) is 0.0769. The average molecular weight is 331 g/mol. The molecule has 2 nitrogen and oxygen atoms in total. The maximum Gasteiger partial charge on any atom is 0.166 e. The number of halogens is 3. The van der Waals surface area contributed by atoms with E-state index in [1.165, 1.54) is 12.1 Å². The lowest BCUT2D eigenvalue weighted by molar-refractivity contribution is 0.432. The Labute approximate surface area is 118 Å². The van der Waals surface area contributed by atoms with E-state index in [2.05, 4.69) is 21.2 Å². The second-order valence-electron chi connectivity index (χ2n) is 3.77. The number of anilines is 1. The van der Waals surface area contributed by atoms with Gasteiger partial charge in [0.05, 0.1) is 5.02 Å². The topological polar surface area (TPSA) is 32.3 Å². The SMILES string of the molecule is Oc1ccc(NCc2ccc(Cl)c(Br)c2)cc1F. The maximum absolute atomic E-state index is 13.1. The van der Waals surface area contributed by atoms with E-state index in [1.807, 2.05) is 12.1 Å². The van der Waals surface area contributed by atoms with Crippen LogP contribution < -0.4 is 5.32 Å². The number of rotatable bonds is 3. The minimum atomic E-state index is -0.641. The van der Waals surface area contributed by atoms with Gasteiger partial charge in [-0.1, -0.05) is 17.7 Å². The van der Waals surface area contributed by atoms with Crippen LogP contribution in [0.3, 0.4) is 0 Å². The second kappa shape index (κ2) is 5.59. The average Bonchev–Trinajstić information content (AvgIpc) is 2.35. The Morgan fingerprint density at radius 1 is 1.22 bits per heavy atom. The normalized spacial score (nSPS) is 10.4. The van der Waals surface area contributed by atoms with Crippen molar-refractivity contribution in [2.75, 3.05) is 5.32 Å². The Balaban J connectivity index is 2.06. The predicted molar refractivity (Wildman–Crippen MR) is 74.5 cm³/mol. The van der Waals surface area contributed by atoms with E-state index < -0.39 is 5.82 Å². The summed E-state index contributed by atoms with van der Waals surface area (Å²) in [5.41, 5.74) is 1.62. The largest absolute Gasteiger partial charge is 0.505 e. The van der Waals surface area contributed by atoms with Gasteiger partial charge in [0.2, 0.25) is 0 Å². The third kappa shape index (κ3) is 3.15. The molecule has 0 aliphatic carbocycles.